The van der Waals surface area contributed by atoms with Crippen molar-refractivity contribution in [3.63, 3.8) is 0 Å². The van der Waals surface area contributed by atoms with Gasteiger partial charge >= 0.3 is 0 Å². The van der Waals surface area contributed by atoms with Gasteiger partial charge in [0, 0.05) is 0 Å². The quantitative estimate of drug-likeness (QED) is 0.449. The molecule has 0 N–H and O–H groups in total. The van der Waals surface area contributed by atoms with Gasteiger partial charge in [0.25, 0.3) is 0 Å². The van der Waals surface area contributed by atoms with E-state index in [0.29, 0.717) is 5.92 Å². The molecule has 0 nitrogen and oxygen atoms in total. The van der Waals surface area contributed by atoms with Crippen molar-refractivity contribution in [2.24, 2.45) is 5.92 Å². The lowest BCUT2D eigenvalue weighted by Gasteiger charge is -2.25. The van der Waals surface area contributed by atoms with Gasteiger partial charge in [-0.1, -0.05) is 112 Å². The lowest BCUT2D eigenvalue weighted by atomic mass is 9.80. The molecule has 2 aliphatic rings. The molecule has 1 saturated carbocycles. The van der Waals surface area contributed by atoms with Crippen molar-refractivity contribution in [2.45, 2.75) is 73.1 Å². The summed E-state index contributed by atoms with van der Waals surface area (Å²) in [5.41, 5.74) is 6.38. The van der Waals surface area contributed by atoms with Gasteiger partial charge in [-0.15, -0.1) is 0 Å². The van der Waals surface area contributed by atoms with Crippen molar-refractivity contribution >= 4 is 11.6 Å². The maximum Gasteiger partial charge on any atom is -0.00866 e. The Labute approximate surface area is 174 Å². The fraction of sp³-hybridized carbons (Fsp3) is 0.429. The van der Waals surface area contributed by atoms with Crippen molar-refractivity contribution in [2.75, 3.05) is 0 Å². The molecule has 28 heavy (non-hydrogen) atoms. The summed E-state index contributed by atoms with van der Waals surface area (Å²) in [6.45, 7) is 15.0. The minimum Gasteiger partial charge on any atom is -0.0916 e. The molecule has 152 valence electrons. The van der Waals surface area contributed by atoms with Gasteiger partial charge in [0.1, 0.15) is 0 Å². The minimum absolute atomic E-state index is 0.533. The van der Waals surface area contributed by atoms with Crippen LogP contribution in [0.25, 0.3) is 11.6 Å². The zero-order valence-electron chi connectivity index (χ0n) is 18.8. The monoisotopic (exact) mass is 376 g/mol. The molecule has 0 heterocycles. The highest BCUT2D eigenvalue weighted by molar-refractivity contribution is 5.83. The lowest BCUT2D eigenvalue weighted by molar-refractivity contribution is 0.640. The van der Waals surface area contributed by atoms with Crippen molar-refractivity contribution in [3.05, 3.63) is 83.5 Å². The van der Waals surface area contributed by atoms with Gasteiger partial charge in [0.05, 0.1) is 0 Å². The molecule has 1 aromatic carbocycles. The van der Waals surface area contributed by atoms with E-state index < -0.39 is 0 Å². The second-order valence-electron chi connectivity index (χ2n) is 7.62. The Bertz CT molecular complexity index is 703. The first-order chi connectivity index (χ1) is 13.6. The first-order valence-electron chi connectivity index (χ1n) is 11.0. The van der Waals surface area contributed by atoms with Crippen LogP contribution in [0.5, 0.6) is 0 Å². The second kappa shape index (κ2) is 14.0. The zero-order chi connectivity index (χ0) is 20.8. The Hall–Kier alpha value is -2.08. The molecule has 1 unspecified atom stereocenters. The molecule has 0 saturated heterocycles. The van der Waals surface area contributed by atoms with Crippen LogP contribution in [0.15, 0.2) is 72.4 Å². The van der Waals surface area contributed by atoms with Gasteiger partial charge in [0.15, 0.2) is 0 Å². The van der Waals surface area contributed by atoms with Gasteiger partial charge in [0.2, 0.25) is 0 Å². The Morgan fingerprint density at radius 3 is 2.29 bits per heavy atom. The average molecular weight is 377 g/mol. The highest BCUT2D eigenvalue weighted by Crippen LogP contribution is 2.37. The van der Waals surface area contributed by atoms with E-state index in [4.69, 9.17) is 0 Å². The van der Waals surface area contributed by atoms with Crippen LogP contribution in [0.2, 0.25) is 0 Å². The number of rotatable bonds is 5. The highest BCUT2D eigenvalue weighted by Gasteiger charge is 2.20. The standard InChI is InChI=1S/C22H26.C3H6.C3H8/c1-5-7-11-20-15-14-17(3)16-22(20)18(4)21-13-9-8-12-19(21)10-6-2;1-2-3-1;1-3-2/h5-10,12-14,16,20H,4,11,15H2,1-3H3;1-3H2;3H2,1-2H3/b7-5?,10-6-;;. The summed E-state index contributed by atoms with van der Waals surface area (Å²) in [7, 11) is 0. The van der Waals surface area contributed by atoms with Crippen molar-refractivity contribution < 1.29 is 0 Å². The Balaban J connectivity index is 0.000000565. The first-order valence-corrected chi connectivity index (χ1v) is 11.0. The molecular weight excluding hydrogens is 336 g/mol. The van der Waals surface area contributed by atoms with E-state index >= 15 is 0 Å². The topological polar surface area (TPSA) is 0 Å². The predicted octanol–water partition coefficient (Wildman–Crippen LogP) is 9.18. The van der Waals surface area contributed by atoms with Crippen LogP contribution in [-0.2, 0) is 0 Å². The van der Waals surface area contributed by atoms with Gasteiger partial charge in [-0.2, -0.15) is 0 Å². The predicted molar refractivity (Wildman–Crippen MR) is 129 cm³/mol. The maximum atomic E-state index is 4.43. The zero-order valence-corrected chi connectivity index (χ0v) is 18.8. The summed E-state index contributed by atoms with van der Waals surface area (Å²) in [6, 6.07) is 8.52. The normalized spacial score (nSPS) is 17.8. The van der Waals surface area contributed by atoms with E-state index in [0.717, 1.165) is 18.4 Å². The second-order valence-corrected chi connectivity index (χ2v) is 7.62. The molecule has 1 atom stereocenters. The Morgan fingerprint density at radius 2 is 1.71 bits per heavy atom. The SMILES string of the molecule is C1CC1.C=C(C1=CC(C)=CCC1CC=CC)c1ccccc1/C=C\C.CCC. The molecule has 1 aromatic rings. The third kappa shape index (κ3) is 8.74. The molecular formula is C28H40. The van der Waals surface area contributed by atoms with E-state index in [9.17, 15) is 0 Å². The van der Waals surface area contributed by atoms with E-state index in [-0.39, 0.29) is 0 Å². The molecule has 2 aliphatic carbocycles. The van der Waals surface area contributed by atoms with Gasteiger partial charge in [-0.05, 0) is 61.8 Å². The Kier molecular flexibility index (Phi) is 12.0. The largest absolute Gasteiger partial charge is 0.0916 e. The third-order valence-corrected chi connectivity index (χ3v) is 4.54. The van der Waals surface area contributed by atoms with E-state index in [2.05, 4.69) is 102 Å². The van der Waals surface area contributed by atoms with Gasteiger partial charge in [-0.3, -0.25) is 0 Å². The average Bonchev–Trinajstić information content (AvgIpc) is 3.57. The molecule has 1 fully saturated rings. The summed E-state index contributed by atoms with van der Waals surface area (Å²) in [5.74, 6) is 0.533. The molecule has 0 bridgehead atoms. The van der Waals surface area contributed by atoms with E-state index in [1.54, 1.807) is 0 Å². The fourth-order valence-electron chi connectivity index (χ4n) is 2.99. The van der Waals surface area contributed by atoms with Crippen LogP contribution < -0.4 is 0 Å². The Morgan fingerprint density at radius 1 is 1.07 bits per heavy atom. The molecule has 0 aromatic heterocycles. The summed E-state index contributed by atoms with van der Waals surface area (Å²) in [6.07, 6.45) is 21.2. The van der Waals surface area contributed by atoms with Crippen LogP contribution in [0.3, 0.4) is 0 Å². The molecule has 3 rings (SSSR count). The van der Waals surface area contributed by atoms with Crippen molar-refractivity contribution in [1.82, 2.24) is 0 Å². The summed E-state index contributed by atoms with van der Waals surface area (Å²) in [4.78, 5) is 0. The van der Waals surface area contributed by atoms with Crippen LogP contribution in [0, 0.1) is 5.92 Å². The van der Waals surface area contributed by atoms with Crippen LogP contribution in [0.4, 0.5) is 0 Å². The van der Waals surface area contributed by atoms with Gasteiger partial charge < -0.3 is 0 Å². The summed E-state index contributed by atoms with van der Waals surface area (Å²) >= 11 is 0. The third-order valence-electron chi connectivity index (χ3n) is 4.54. The number of hydrogen-bond acceptors (Lipinski definition) is 0. The summed E-state index contributed by atoms with van der Waals surface area (Å²) < 4.78 is 0. The first kappa shape index (κ1) is 24.0. The van der Waals surface area contributed by atoms with Crippen molar-refractivity contribution in [1.29, 1.82) is 0 Å². The smallest absolute Gasteiger partial charge is 0.00866 e. The highest BCUT2D eigenvalue weighted by atomic mass is 14.2. The van der Waals surface area contributed by atoms with Crippen molar-refractivity contribution in [3.8, 4) is 0 Å². The van der Waals surface area contributed by atoms with Crippen LogP contribution in [0.1, 0.15) is 84.3 Å². The van der Waals surface area contributed by atoms with Gasteiger partial charge in [-0.25, -0.2) is 0 Å². The van der Waals surface area contributed by atoms with E-state index in [1.807, 2.05) is 0 Å². The summed E-state index contributed by atoms with van der Waals surface area (Å²) in [5, 5.41) is 0. The van der Waals surface area contributed by atoms with Crippen LogP contribution in [-0.4, -0.2) is 0 Å². The maximum absolute atomic E-state index is 4.43. The molecule has 0 amide bonds. The number of hydrogen-bond donors (Lipinski definition) is 0. The fourth-order valence-corrected chi connectivity index (χ4v) is 2.99. The molecule has 0 spiro atoms. The molecule has 0 aliphatic heterocycles. The number of allylic oxidation sites excluding steroid dienone is 8. The minimum atomic E-state index is 0.533. The molecule has 0 radical (unpaired) electrons. The lowest BCUT2D eigenvalue weighted by Crippen LogP contribution is -2.09. The van der Waals surface area contributed by atoms with E-state index in [1.165, 1.54) is 48.0 Å². The number of benzene rings is 1. The molecule has 0 heteroatoms. The van der Waals surface area contributed by atoms with Crippen LogP contribution >= 0.6 is 0 Å².